The molecule has 0 radical (unpaired) electrons. The highest BCUT2D eigenvalue weighted by Crippen LogP contribution is 2.55. The van der Waals surface area contributed by atoms with Gasteiger partial charge >= 0.3 is 7.60 Å². The van der Waals surface area contributed by atoms with Crippen molar-refractivity contribution >= 4 is 7.60 Å². The molecule has 3 aromatic rings. The molecule has 0 unspecified atom stereocenters. The molecule has 3 aromatic carbocycles. The first-order valence-electron chi connectivity index (χ1n) is 9.83. The third-order valence-electron chi connectivity index (χ3n) is 5.11. The normalized spacial score (nSPS) is 13.9. The van der Waals surface area contributed by atoms with Crippen LogP contribution in [-0.4, -0.2) is 30.1 Å². The molecule has 158 valence electrons. The molecule has 1 N–H and O–H groups in total. The fourth-order valence-electron chi connectivity index (χ4n) is 3.57. The molecule has 0 bridgehead atoms. The van der Waals surface area contributed by atoms with E-state index in [4.69, 9.17) is 9.05 Å². The summed E-state index contributed by atoms with van der Waals surface area (Å²) in [7, 11) is -1.14. The molecule has 3 rings (SSSR count). The van der Waals surface area contributed by atoms with E-state index in [-0.39, 0.29) is 0 Å². The summed E-state index contributed by atoms with van der Waals surface area (Å²) in [5.74, 6) is -1.36. The Morgan fingerprint density at radius 1 is 0.767 bits per heavy atom. The number of rotatable bonds is 10. The van der Waals surface area contributed by atoms with E-state index in [0.717, 1.165) is 16.7 Å². The summed E-state index contributed by atoms with van der Waals surface area (Å²) in [6.45, 7) is 1.11. The molecule has 0 aliphatic heterocycles. The predicted molar refractivity (Wildman–Crippen MR) is 119 cm³/mol. The van der Waals surface area contributed by atoms with Crippen LogP contribution >= 0.6 is 7.60 Å². The van der Waals surface area contributed by atoms with Gasteiger partial charge in [-0.2, -0.15) is 0 Å². The number of hydrogen-bond donors (Lipinski definition) is 1. The monoisotopic (exact) mass is 425 g/mol. The van der Waals surface area contributed by atoms with Gasteiger partial charge in [0.25, 0.3) is 0 Å². The average Bonchev–Trinajstić information content (AvgIpc) is 2.80. The summed E-state index contributed by atoms with van der Waals surface area (Å²) in [6, 6.07) is 29.0. The molecule has 0 saturated carbocycles. The highest BCUT2D eigenvalue weighted by atomic mass is 31.2. The SMILES string of the molecule is COP(=O)(OC)[C@@H](O)[C@H](c1ccccc1)N(Cc1ccccc1)Cc1ccccc1. The first-order chi connectivity index (χ1) is 14.6. The Bertz CT molecular complexity index is 888. The maximum atomic E-state index is 13.2. The van der Waals surface area contributed by atoms with Crippen molar-refractivity contribution in [1.29, 1.82) is 0 Å². The lowest BCUT2D eigenvalue weighted by Gasteiger charge is -2.37. The van der Waals surface area contributed by atoms with Gasteiger partial charge in [-0.3, -0.25) is 9.46 Å². The minimum Gasteiger partial charge on any atom is -0.379 e. The van der Waals surface area contributed by atoms with Crippen LogP contribution in [0.25, 0.3) is 0 Å². The van der Waals surface area contributed by atoms with E-state index in [1.54, 1.807) is 0 Å². The van der Waals surface area contributed by atoms with Gasteiger partial charge in [0, 0.05) is 27.3 Å². The molecular formula is C24H28NO4P. The van der Waals surface area contributed by atoms with E-state index in [1.807, 2.05) is 91.0 Å². The van der Waals surface area contributed by atoms with Crippen molar-refractivity contribution in [2.24, 2.45) is 0 Å². The maximum absolute atomic E-state index is 13.2. The lowest BCUT2D eigenvalue weighted by atomic mass is 10.0. The molecule has 6 heteroatoms. The molecule has 0 fully saturated rings. The van der Waals surface area contributed by atoms with Crippen LogP contribution in [0.3, 0.4) is 0 Å². The highest BCUT2D eigenvalue weighted by molar-refractivity contribution is 7.54. The van der Waals surface area contributed by atoms with Crippen molar-refractivity contribution in [2.45, 2.75) is 25.0 Å². The van der Waals surface area contributed by atoms with E-state index in [2.05, 4.69) is 4.90 Å². The van der Waals surface area contributed by atoms with Crippen LogP contribution in [-0.2, 0) is 26.7 Å². The fourth-order valence-corrected chi connectivity index (χ4v) is 4.86. The lowest BCUT2D eigenvalue weighted by Crippen LogP contribution is -2.36. The van der Waals surface area contributed by atoms with Gasteiger partial charge in [-0.05, 0) is 16.7 Å². The Kier molecular flexibility index (Phi) is 7.97. The summed E-state index contributed by atoms with van der Waals surface area (Å²) in [5, 5.41) is 11.3. The number of aliphatic hydroxyl groups excluding tert-OH is 1. The van der Waals surface area contributed by atoms with E-state index in [1.165, 1.54) is 14.2 Å². The Morgan fingerprint density at radius 2 is 1.17 bits per heavy atom. The zero-order valence-corrected chi connectivity index (χ0v) is 18.2. The second kappa shape index (κ2) is 10.7. The molecule has 0 saturated heterocycles. The van der Waals surface area contributed by atoms with Crippen molar-refractivity contribution < 1.29 is 18.7 Å². The van der Waals surface area contributed by atoms with E-state index in [9.17, 15) is 9.67 Å². The Morgan fingerprint density at radius 3 is 1.57 bits per heavy atom. The van der Waals surface area contributed by atoms with Gasteiger partial charge in [0.1, 0.15) is 0 Å². The van der Waals surface area contributed by atoms with Crippen LogP contribution in [0.5, 0.6) is 0 Å². The largest absolute Gasteiger partial charge is 0.379 e. The van der Waals surface area contributed by atoms with Crippen molar-refractivity contribution in [3.05, 3.63) is 108 Å². The molecule has 0 heterocycles. The summed E-state index contributed by atoms with van der Waals surface area (Å²) in [5.41, 5.74) is 3.02. The first-order valence-corrected chi connectivity index (χ1v) is 11.4. The van der Waals surface area contributed by atoms with Crippen LogP contribution in [0, 0.1) is 0 Å². The van der Waals surface area contributed by atoms with Crippen molar-refractivity contribution in [1.82, 2.24) is 4.90 Å². The molecular weight excluding hydrogens is 397 g/mol. The van der Waals surface area contributed by atoms with Crippen LogP contribution in [0.4, 0.5) is 0 Å². The molecule has 2 atom stereocenters. The summed E-state index contributed by atoms with van der Waals surface area (Å²) >= 11 is 0. The van der Waals surface area contributed by atoms with Gasteiger partial charge in [0.2, 0.25) is 0 Å². The second-order valence-electron chi connectivity index (χ2n) is 7.05. The number of hydrogen-bond acceptors (Lipinski definition) is 5. The van der Waals surface area contributed by atoms with Crippen LogP contribution in [0.1, 0.15) is 22.7 Å². The molecule has 0 aliphatic rings. The molecule has 5 nitrogen and oxygen atoms in total. The molecule has 0 spiro atoms. The smallest absolute Gasteiger partial charge is 0.360 e. The van der Waals surface area contributed by atoms with Gasteiger partial charge in [0.15, 0.2) is 5.85 Å². The van der Waals surface area contributed by atoms with E-state index < -0.39 is 19.5 Å². The van der Waals surface area contributed by atoms with Crippen LogP contribution in [0.2, 0.25) is 0 Å². The second-order valence-corrected chi connectivity index (χ2v) is 9.39. The third-order valence-corrected chi connectivity index (χ3v) is 7.06. The summed E-state index contributed by atoms with van der Waals surface area (Å²) < 4.78 is 23.5. The standard InChI is InChI=1S/C24H28NO4P/c1-28-30(27,29-2)24(26)23(22-16-10-5-11-17-22)25(18-20-12-6-3-7-13-20)19-21-14-8-4-9-15-21/h3-17,23-24,26H,18-19H2,1-2H3/t23-,24+/m0/s1. The molecule has 0 aliphatic carbocycles. The van der Waals surface area contributed by atoms with E-state index in [0.29, 0.717) is 13.1 Å². The third kappa shape index (κ3) is 5.45. The quantitative estimate of drug-likeness (QED) is 0.451. The van der Waals surface area contributed by atoms with Crippen LogP contribution in [0.15, 0.2) is 91.0 Å². The van der Waals surface area contributed by atoms with E-state index >= 15 is 0 Å². The summed E-state index contributed by atoms with van der Waals surface area (Å²) in [4.78, 5) is 2.11. The Balaban J connectivity index is 2.06. The minimum absolute atomic E-state index is 0.555. The van der Waals surface area contributed by atoms with Gasteiger partial charge in [-0.1, -0.05) is 91.0 Å². The van der Waals surface area contributed by atoms with Gasteiger partial charge < -0.3 is 14.2 Å². The summed E-state index contributed by atoms with van der Waals surface area (Å²) in [6.07, 6.45) is 0. The lowest BCUT2D eigenvalue weighted by molar-refractivity contribution is 0.0618. The fraction of sp³-hybridized carbons (Fsp3) is 0.250. The van der Waals surface area contributed by atoms with Crippen molar-refractivity contribution in [3.63, 3.8) is 0 Å². The average molecular weight is 425 g/mol. The van der Waals surface area contributed by atoms with Crippen LogP contribution < -0.4 is 0 Å². The van der Waals surface area contributed by atoms with Gasteiger partial charge in [-0.15, -0.1) is 0 Å². The van der Waals surface area contributed by atoms with Gasteiger partial charge in [-0.25, -0.2) is 0 Å². The first kappa shape index (κ1) is 22.4. The minimum atomic E-state index is -3.74. The molecule has 30 heavy (non-hydrogen) atoms. The topological polar surface area (TPSA) is 59.0 Å². The number of aliphatic hydroxyl groups is 1. The zero-order valence-electron chi connectivity index (χ0n) is 17.3. The number of benzene rings is 3. The van der Waals surface area contributed by atoms with Crippen molar-refractivity contribution in [2.75, 3.05) is 14.2 Å². The zero-order chi connectivity index (χ0) is 21.4. The van der Waals surface area contributed by atoms with Crippen molar-refractivity contribution in [3.8, 4) is 0 Å². The maximum Gasteiger partial charge on any atom is 0.360 e. The Labute approximate surface area is 178 Å². The van der Waals surface area contributed by atoms with Gasteiger partial charge in [0.05, 0.1) is 6.04 Å². The molecule has 0 aromatic heterocycles. The highest BCUT2D eigenvalue weighted by Gasteiger charge is 2.42. The Hall–Kier alpha value is -2.27. The predicted octanol–water partition coefficient (Wildman–Crippen LogP) is 5.23. The molecule has 0 amide bonds. The number of nitrogens with zero attached hydrogens (tertiary/aromatic N) is 1.